The van der Waals surface area contributed by atoms with Crippen LogP contribution in [0.15, 0.2) is 0 Å². The molecule has 6 heteroatoms. The van der Waals surface area contributed by atoms with Crippen molar-refractivity contribution in [3.05, 3.63) is 0 Å². The van der Waals surface area contributed by atoms with Gasteiger partial charge < -0.3 is 20.8 Å². The fourth-order valence-electron chi connectivity index (χ4n) is 4.19. The molecule has 25 heavy (non-hydrogen) atoms. The molecule has 0 aromatic heterocycles. The lowest BCUT2D eigenvalue weighted by atomic mass is 9.80. The number of rotatable bonds is 6. The van der Waals surface area contributed by atoms with Crippen molar-refractivity contribution in [2.75, 3.05) is 0 Å². The molecule has 2 atom stereocenters. The maximum Gasteiger partial charge on any atom is 0.229 e. The lowest BCUT2D eigenvalue weighted by Gasteiger charge is -2.38. The Hall–Kier alpha value is -1.14. The zero-order chi connectivity index (χ0) is 18.5. The van der Waals surface area contributed by atoms with Crippen molar-refractivity contribution in [1.29, 1.82) is 0 Å². The van der Waals surface area contributed by atoms with E-state index in [1.54, 1.807) is 13.8 Å². The van der Waals surface area contributed by atoms with Crippen LogP contribution in [0.4, 0.5) is 0 Å². The fourth-order valence-corrected chi connectivity index (χ4v) is 4.19. The quantitative estimate of drug-likeness (QED) is 0.546. The smallest absolute Gasteiger partial charge is 0.229 e. The summed E-state index contributed by atoms with van der Waals surface area (Å²) in [6.07, 6.45) is 8.56. The highest BCUT2D eigenvalue weighted by atomic mass is 16.3. The zero-order valence-corrected chi connectivity index (χ0v) is 15.6. The van der Waals surface area contributed by atoms with Crippen LogP contribution in [0, 0.1) is 0 Å². The van der Waals surface area contributed by atoms with Crippen molar-refractivity contribution in [3.8, 4) is 0 Å². The summed E-state index contributed by atoms with van der Waals surface area (Å²) in [6.45, 7) is 3.60. The summed E-state index contributed by atoms with van der Waals surface area (Å²) in [6, 6.07) is -0.735. The predicted molar refractivity (Wildman–Crippen MR) is 95.9 cm³/mol. The maximum absolute atomic E-state index is 12.1. The lowest BCUT2D eigenvalue weighted by Crippen LogP contribution is -2.54. The van der Waals surface area contributed by atoms with E-state index in [1.165, 1.54) is 0 Å². The molecule has 0 aromatic rings. The average molecular weight is 354 g/mol. The van der Waals surface area contributed by atoms with Crippen LogP contribution < -0.4 is 10.6 Å². The van der Waals surface area contributed by atoms with E-state index in [0.717, 1.165) is 38.5 Å². The molecule has 0 aliphatic heterocycles. The van der Waals surface area contributed by atoms with E-state index in [1.807, 2.05) is 0 Å². The molecule has 2 aliphatic rings. The Morgan fingerprint density at radius 3 is 1.40 bits per heavy atom. The molecule has 2 saturated carbocycles. The minimum atomic E-state index is -0.866. The van der Waals surface area contributed by atoms with E-state index in [-0.39, 0.29) is 30.3 Å². The molecule has 0 aromatic carbocycles. The van der Waals surface area contributed by atoms with Crippen molar-refractivity contribution < 1.29 is 19.8 Å². The molecule has 0 heterocycles. The Labute approximate surface area is 150 Å². The predicted octanol–water partition coefficient (Wildman–Crippen LogP) is 1.78. The molecule has 0 radical (unpaired) electrons. The molecule has 0 unspecified atom stereocenters. The average Bonchev–Trinajstić information content (AvgIpc) is 2.55. The van der Waals surface area contributed by atoms with Gasteiger partial charge in [-0.1, -0.05) is 38.5 Å². The maximum atomic E-state index is 12.1. The van der Waals surface area contributed by atoms with Crippen molar-refractivity contribution in [2.24, 2.45) is 0 Å². The molecule has 2 amide bonds. The molecule has 4 N–H and O–H groups in total. The van der Waals surface area contributed by atoms with Gasteiger partial charge >= 0.3 is 0 Å². The molecule has 0 spiro atoms. The van der Waals surface area contributed by atoms with Crippen LogP contribution in [0.3, 0.4) is 0 Å². The summed E-state index contributed by atoms with van der Waals surface area (Å²) < 4.78 is 0. The van der Waals surface area contributed by atoms with Crippen molar-refractivity contribution in [1.82, 2.24) is 10.6 Å². The third-order valence-corrected chi connectivity index (χ3v) is 6.13. The van der Waals surface area contributed by atoms with Gasteiger partial charge in [-0.3, -0.25) is 9.59 Å². The van der Waals surface area contributed by atoms with Gasteiger partial charge in [0.1, 0.15) is 6.42 Å². The first-order chi connectivity index (χ1) is 11.8. The minimum absolute atomic E-state index is 0.277. The van der Waals surface area contributed by atoms with Crippen LogP contribution >= 0.6 is 0 Å². The Kier molecular flexibility index (Phi) is 6.86. The van der Waals surface area contributed by atoms with Gasteiger partial charge in [0.05, 0.1) is 23.3 Å². The third-order valence-electron chi connectivity index (χ3n) is 6.13. The van der Waals surface area contributed by atoms with Crippen LogP contribution in [-0.4, -0.2) is 45.3 Å². The Morgan fingerprint density at radius 2 is 1.08 bits per heavy atom. The molecule has 0 saturated heterocycles. The summed E-state index contributed by atoms with van der Waals surface area (Å²) in [5.74, 6) is -0.765. The monoisotopic (exact) mass is 354 g/mol. The van der Waals surface area contributed by atoms with Crippen molar-refractivity contribution in [2.45, 2.75) is 108 Å². The van der Waals surface area contributed by atoms with E-state index < -0.39 is 11.2 Å². The lowest BCUT2D eigenvalue weighted by molar-refractivity contribution is -0.133. The summed E-state index contributed by atoms with van der Waals surface area (Å²) >= 11 is 0. The summed E-state index contributed by atoms with van der Waals surface area (Å²) in [5.41, 5.74) is -1.73. The second-order valence-electron chi connectivity index (χ2n) is 8.08. The molecule has 2 aliphatic carbocycles. The second-order valence-corrected chi connectivity index (χ2v) is 8.08. The Morgan fingerprint density at radius 1 is 0.760 bits per heavy atom. The van der Waals surface area contributed by atoms with Gasteiger partial charge in [0.2, 0.25) is 11.8 Å². The highest BCUT2D eigenvalue weighted by Gasteiger charge is 2.37. The van der Waals surface area contributed by atoms with Gasteiger partial charge in [-0.05, 0) is 39.5 Å². The Bertz CT molecular complexity index is 426. The number of carbonyl (C=O) groups is 2. The highest BCUT2D eigenvalue weighted by molar-refractivity contribution is 5.97. The summed E-state index contributed by atoms with van der Waals surface area (Å²) in [7, 11) is 0. The normalized spacial score (nSPS) is 24.8. The highest BCUT2D eigenvalue weighted by Crippen LogP contribution is 2.31. The van der Waals surface area contributed by atoms with Gasteiger partial charge in [0, 0.05) is 0 Å². The van der Waals surface area contributed by atoms with E-state index in [2.05, 4.69) is 10.6 Å². The Balaban J connectivity index is 1.78. The molecular weight excluding hydrogens is 320 g/mol. The van der Waals surface area contributed by atoms with Crippen molar-refractivity contribution in [3.63, 3.8) is 0 Å². The van der Waals surface area contributed by atoms with E-state index in [0.29, 0.717) is 25.7 Å². The molecule has 0 bridgehead atoms. The summed E-state index contributed by atoms with van der Waals surface area (Å²) in [4.78, 5) is 24.3. The third kappa shape index (κ3) is 5.42. The van der Waals surface area contributed by atoms with Crippen LogP contribution in [-0.2, 0) is 9.59 Å². The van der Waals surface area contributed by atoms with Crippen LogP contribution in [0.25, 0.3) is 0 Å². The topological polar surface area (TPSA) is 98.7 Å². The molecule has 2 fully saturated rings. The number of aliphatic hydroxyl groups is 2. The van der Waals surface area contributed by atoms with Gasteiger partial charge in [0.15, 0.2) is 0 Å². The number of hydrogen-bond acceptors (Lipinski definition) is 4. The standard InChI is InChI=1S/C19H34N2O4/c1-14(18(24)9-5-3-6-10-18)20-16(22)13-17(23)21-15(2)19(25)11-7-4-8-12-19/h14-15,24-25H,3-13H2,1-2H3,(H,20,22)(H,21,23)/t14-,15-/m1/s1. The first-order valence-corrected chi connectivity index (χ1v) is 9.79. The fraction of sp³-hybridized carbons (Fsp3) is 0.895. The van der Waals surface area contributed by atoms with Crippen LogP contribution in [0.2, 0.25) is 0 Å². The van der Waals surface area contributed by atoms with Gasteiger partial charge in [-0.25, -0.2) is 0 Å². The van der Waals surface area contributed by atoms with Crippen LogP contribution in [0.5, 0.6) is 0 Å². The van der Waals surface area contributed by atoms with E-state index in [4.69, 9.17) is 0 Å². The molecule has 6 nitrogen and oxygen atoms in total. The van der Waals surface area contributed by atoms with E-state index in [9.17, 15) is 19.8 Å². The second kappa shape index (κ2) is 8.49. The minimum Gasteiger partial charge on any atom is -0.388 e. The summed E-state index contributed by atoms with van der Waals surface area (Å²) in [5, 5.41) is 26.8. The van der Waals surface area contributed by atoms with Crippen LogP contribution in [0.1, 0.15) is 84.5 Å². The van der Waals surface area contributed by atoms with Gasteiger partial charge in [0.25, 0.3) is 0 Å². The first-order valence-electron chi connectivity index (χ1n) is 9.79. The largest absolute Gasteiger partial charge is 0.388 e. The van der Waals surface area contributed by atoms with Gasteiger partial charge in [-0.2, -0.15) is 0 Å². The zero-order valence-electron chi connectivity index (χ0n) is 15.6. The van der Waals surface area contributed by atoms with Gasteiger partial charge in [-0.15, -0.1) is 0 Å². The number of hydrogen-bond donors (Lipinski definition) is 4. The van der Waals surface area contributed by atoms with E-state index >= 15 is 0 Å². The SMILES string of the molecule is C[C@@H](NC(=O)CC(=O)N[C@H](C)C1(O)CCCCC1)C1(O)CCCCC1. The first kappa shape index (κ1) is 20.2. The molecule has 2 rings (SSSR count). The number of carbonyl (C=O) groups excluding carboxylic acids is 2. The number of nitrogens with one attached hydrogen (secondary N) is 2. The number of amides is 2. The molecular formula is C19H34N2O4. The van der Waals surface area contributed by atoms with Crippen molar-refractivity contribution >= 4 is 11.8 Å². The molecule has 144 valence electrons.